The van der Waals surface area contributed by atoms with Gasteiger partial charge >= 0.3 is 0 Å². The van der Waals surface area contributed by atoms with E-state index >= 15 is 0 Å². The van der Waals surface area contributed by atoms with E-state index in [0.717, 1.165) is 17.3 Å². The van der Waals surface area contributed by atoms with Crippen molar-refractivity contribution in [2.24, 2.45) is 11.7 Å². The van der Waals surface area contributed by atoms with Crippen molar-refractivity contribution in [2.45, 2.75) is 19.4 Å². The molecule has 36 heavy (non-hydrogen) atoms. The highest BCUT2D eigenvalue weighted by Gasteiger charge is 2.34. The zero-order valence-corrected chi connectivity index (χ0v) is 21.5. The minimum atomic E-state index is -0.316. The van der Waals surface area contributed by atoms with Crippen molar-refractivity contribution in [2.75, 3.05) is 18.0 Å². The van der Waals surface area contributed by atoms with Gasteiger partial charge in [0.05, 0.1) is 17.0 Å². The Labute approximate surface area is 221 Å². The number of piperidine rings is 1. The van der Waals surface area contributed by atoms with Crippen molar-refractivity contribution in [3.05, 3.63) is 80.1 Å². The molecule has 2 aromatic heterocycles. The fraction of sp³-hybridized carbons (Fsp3) is 0.240. The molecule has 0 bridgehead atoms. The van der Waals surface area contributed by atoms with Crippen LogP contribution in [0.3, 0.4) is 0 Å². The van der Waals surface area contributed by atoms with E-state index in [1.807, 2.05) is 29.2 Å². The molecular weight excluding hydrogens is 518 g/mol. The van der Waals surface area contributed by atoms with Crippen molar-refractivity contribution < 1.29 is 9.59 Å². The highest BCUT2D eigenvalue weighted by Crippen LogP contribution is 2.35. The number of primary amides is 1. The molecule has 8 nitrogen and oxygen atoms in total. The van der Waals surface area contributed by atoms with Gasteiger partial charge in [0.2, 0.25) is 5.91 Å². The first kappa shape index (κ1) is 24.5. The van der Waals surface area contributed by atoms with Crippen LogP contribution in [0.2, 0.25) is 5.02 Å². The van der Waals surface area contributed by atoms with E-state index in [0.29, 0.717) is 57.2 Å². The number of rotatable bonds is 5. The van der Waals surface area contributed by atoms with Crippen LogP contribution in [0.4, 0.5) is 5.82 Å². The maximum absolute atomic E-state index is 13.6. The zero-order valence-electron chi connectivity index (χ0n) is 19.1. The fourth-order valence-corrected chi connectivity index (χ4v) is 5.83. The minimum absolute atomic E-state index is 0.202. The summed E-state index contributed by atoms with van der Waals surface area (Å²) >= 11 is 12.9. The molecule has 184 valence electrons. The summed E-state index contributed by atoms with van der Waals surface area (Å²) in [7, 11) is 0. The van der Waals surface area contributed by atoms with Gasteiger partial charge in [-0.1, -0.05) is 59.8 Å². The second-order valence-electron chi connectivity index (χ2n) is 8.61. The number of hydrogen-bond donors (Lipinski definition) is 1. The second kappa shape index (κ2) is 10.0. The highest BCUT2D eigenvalue weighted by atomic mass is 35.5. The van der Waals surface area contributed by atoms with Crippen LogP contribution in [0.1, 0.15) is 24.0 Å². The molecular formula is C25H22ClN5O3S2. The Balaban J connectivity index is 1.53. The Morgan fingerprint density at radius 3 is 2.61 bits per heavy atom. The van der Waals surface area contributed by atoms with Gasteiger partial charge in [0, 0.05) is 30.2 Å². The van der Waals surface area contributed by atoms with Crippen LogP contribution in [0, 0.1) is 5.92 Å². The Morgan fingerprint density at radius 2 is 1.89 bits per heavy atom. The summed E-state index contributed by atoms with van der Waals surface area (Å²) < 4.78 is 1.85. The van der Waals surface area contributed by atoms with Crippen molar-refractivity contribution in [3.8, 4) is 0 Å². The molecule has 11 heteroatoms. The summed E-state index contributed by atoms with van der Waals surface area (Å²) in [5.41, 5.74) is 6.78. The average Bonchev–Trinajstić information content (AvgIpc) is 3.14. The number of pyridine rings is 1. The molecule has 2 fully saturated rings. The predicted molar refractivity (Wildman–Crippen MR) is 146 cm³/mol. The van der Waals surface area contributed by atoms with Crippen LogP contribution in [0.15, 0.2) is 58.4 Å². The standard InChI is InChI=1S/C25H22ClN5O3S2/c26-18-6-2-1-5-16(18)14-31-24(34)19(36-25(31)35)13-17-22(29-11-8-15(9-12-29)21(27)32)28-20-7-3-4-10-30(20)23(17)33/h1-7,10,13,15H,8-9,11-12,14H2,(H2,27,32). The van der Waals surface area contributed by atoms with E-state index in [-0.39, 0.29) is 29.8 Å². The molecule has 3 aromatic rings. The lowest BCUT2D eigenvalue weighted by molar-refractivity contribution is -0.123. The Morgan fingerprint density at radius 1 is 1.17 bits per heavy atom. The summed E-state index contributed by atoms with van der Waals surface area (Å²) in [6, 6.07) is 12.6. The van der Waals surface area contributed by atoms with E-state index in [1.54, 1.807) is 30.5 Å². The smallest absolute Gasteiger partial charge is 0.267 e. The maximum Gasteiger partial charge on any atom is 0.267 e. The van der Waals surface area contributed by atoms with Gasteiger partial charge in [-0.3, -0.25) is 23.7 Å². The fourth-order valence-electron chi connectivity index (χ4n) is 4.40. The first-order chi connectivity index (χ1) is 17.3. The van der Waals surface area contributed by atoms with Gasteiger partial charge in [0.25, 0.3) is 11.5 Å². The third-order valence-corrected chi connectivity index (χ3v) is 8.13. The maximum atomic E-state index is 13.6. The zero-order chi connectivity index (χ0) is 25.4. The van der Waals surface area contributed by atoms with Crippen LogP contribution in [0.5, 0.6) is 0 Å². The summed E-state index contributed by atoms with van der Waals surface area (Å²) in [5.74, 6) is -0.331. The number of hydrogen-bond acceptors (Lipinski definition) is 7. The van der Waals surface area contributed by atoms with Crippen LogP contribution in [0.25, 0.3) is 11.7 Å². The van der Waals surface area contributed by atoms with Crippen molar-refractivity contribution in [1.82, 2.24) is 14.3 Å². The topological polar surface area (TPSA) is 101 Å². The molecule has 2 aliphatic rings. The molecule has 0 saturated carbocycles. The van der Waals surface area contributed by atoms with E-state index < -0.39 is 0 Å². The molecule has 2 N–H and O–H groups in total. The van der Waals surface area contributed by atoms with Gasteiger partial charge < -0.3 is 10.6 Å². The van der Waals surface area contributed by atoms with Crippen LogP contribution >= 0.6 is 35.6 Å². The number of thioether (sulfide) groups is 1. The lowest BCUT2D eigenvalue weighted by atomic mass is 9.96. The lowest BCUT2D eigenvalue weighted by Gasteiger charge is -2.32. The molecule has 1 aromatic carbocycles. The summed E-state index contributed by atoms with van der Waals surface area (Å²) in [6.07, 6.45) is 4.37. The van der Waals surface area contributed by atoms with Gasteiger partial charge in [-0.15, -0.1) is 0 Å². The van der Waals surface area contributed by atoms with E-state index in [9.17, 15) is 14.4 Å². The number of amides is 2. The number of fused-ring (bicyclic) bond motifs is 1. The second-order valence-corrected chi connectivity index (χ2v) is 10.7. The first-order valence-corrected chi connectivity index (χ1v) is 13.0. The number of anilines is 1. The van der Waals surface area contributed by atoms with Gasteiger partial charge in [0.1, 0.15) is 15.8 Å². The number of halogens is 1. The van der Waals surface area contributed by atoms with E-state index in [2.05, 4.69) is 0 Å². The third kappa shape index (κ3) is 4.63. The van der Waals surface area contributed by atoms with E-state index in [1.165, 1.54) is 9.30 Å². The van der Waals surface area contributed by atoms with E-state index in [4.69, 9.17) is 34.5 Å². The number of aromatic nitrogens is 2. The molecule has 0 aliphatic carbocycles. The molecule has 0 atom stereocenters. The quantitative estimate of drug-likeness (QED) is 0.391. The predicted octanol–water partition coefficient (Wildman–Crippen LogP) is 3.45. The molecule has 2 amide bonds. The third-order valence-electron chi connectivity index (χ3n) is 6.38. The van der Waals surface area contributed by atoms with Crippen LogP contribution in [-0.2, 0) is 16.1 Å². The van der Waals surface area contributed by atoms with Crippen LogP contribution < -0.4 is 16.2 Å². The number of carbonyl (C=O) groups is 2. The Bertz CT molecular complexity index is 1480. The molecule has 2 saturated heterocycles. The number of thiocarbonyl (C=S) groups is 1. The molecule has 5 rings (SSSR count). The van der Waals surface area contributed by atoms with Crippen LogP contribution in [-0.4, -0.2) is 43.5 Å². The van der Waals surface area contributed by atoms with Crippen molar-refractivity contribution >= 4 is 69.3 Å². The number of benzene rings is 1. The SMILES string of the molecule is NC(=O)C1CCN(c2nc3ccccn3c(=O)c2C=C2SC(=S)N(Cc3ccccc3Cl)C2=O)CC1. The van der Waals surface area contributed by atoms with Gasteiger partial charge in [-0.05, 0) is 42.7 Å². The Hall–Kier alpha value is -3.21. The lowest BCUT2D eigenvalue weighted by Crippen LogP contribution is -2.40. The average molecular weight is 540 g/mol. The van der Waals surface area contributed by atoms with Gasteiger partial charge in [-0.2, -0.15) is 0 Å². The largest absolute Gasteiger partial charge is 0.369 e. The number of carbonyl (C=O) groups excluding carboxylic acids is 2. The molecule has 4 heterocycles. The summed E-state index contributed by atoms with van der Waals surface area (Å²) in [4.78, 5) is 47.1. The first-order valence-electron chi connectivity index (χ1n) is 11.4. The highest BCUT2D eigenvalue weighted by molar-refractivity contribution is 8.26. The molecule has 0 unspecified atom stereocenters. The van der Waals surface area contributed by atoms with Crippen molar-refractivity contribution in [3.63, 3.8) is 0 Å². The number of nitrogens with zero attached hydrogens (tertiary/aromatic N) is 4. The summed E-state index contributed by atoms with van der Waals surface area (Å²) in [5, 5.41) is 0.550. The van der Waals surface area contributed by atoms with Gasteiger partial charge in [-0.25, -0.2) is 4.98 Å². The summed E-state index contributed by atoms with van der Waals surface area (Å²) in [6.45, 7) is 1.29. The van der Waals surface area contributed by atoms with Crippen molar-refractivity contribution in [1.29, 1.82) is 0 Å². The number of nitrogens with two attached hydrogens (primary N) is 1. The molecule has 0 spiro atoms. The molecule has 2 aliphatic heterocycles. The van der Waals surface area contributed by atoms with Gasteiger partial charge in [0.15, 0.2) is 0 Å². The minimum Gasteiger partial charge on any atom is -0.369 e. The normalized spacial score (nSPS) is 18.0. The Kier molecular flexibility index (Phi) is 6.83. The monoisotopic (exact) mass is 539 g/mol. The molecule has 0 radical (unpaired) electrons.